The first kappa shape index (κ1) is 24.4. The Kier molecular flexibility index (Phi) is 7.09. The molecule has 0 aliphatic heterocycles. The van der Waals surface area contributed by atoms with Crippen LogP contribution in [0.15, 0.2) is 89.0 Å². The van der Waals surface area contributed by atoms with Crippen molar-refractivity contribution in [3.8, 4) is 16.5 Å². The van der Waals surface area contributed by atoms with E-state index in [2.05, 4.69) is 15.3 Å². The third-order valence-electron chi connectivity index (χ3n) is 6.30. The quantitative estimate of drug-likeness (QED) is 0.280. The lowest BCUT2D eigenvalue weighted by Gasteiger charge is -2.16. The highest BCUT2D eigenvalue weighted by atomic mass is 32.1. The van der Waals surface area contributed by atoms with Gasteiger partial charge in [0.15, 0.2) is 0 Å². The molecule has 5 aromatic rings. The maximum atomic E-state index is 13.4. The summed E-state index contributed by atoms with van der Waals surface area (Å²) in [7, 11) is 0. The molecule has 1 atom stereocenters. The Bertz CT molecular complexity index is 1560. The smallest absolute Gasteiger partial charge is 0.256 e. The van der Waals surface area contributed by atoms with E-state index < -0.39 is 0 Å². The number of carbonyl (C=O) groups is 1. The van der Waals surface area contributed by atoms with Gasteiger partial charge in [0.05, 0.1) is 16.5 Å². The molecule has 186 valence electrons. The van der Waals surface area contributed by atoms with Gasteiger partial charge in [-0.05, 0) is 35.9 Å². The largest absolute Gasteiger partial charge is 0.310 e. The highest BCUT2D eigenvalue weighted by Crippen LogP contribution is 2.29. The van der Waals surface area contributed by atoms with Gasteiger partial charge >= 0.3 is 0 Å². The van der Waals surface area contributed by atoms with Crippen molar-refractivity contribution in [2.75, 3.05) is 5.32 Å². The lowest BCUT2D eigenvalue weighted by Crippen LogP contribution is -2.24. The summed E-state index contributed by atoms with van der Waals surface area (Å²) in [6.07, 6.45) is 1.12. The first-order valence-electron chi connectivity index (χ1n) is 12.2. The summed E-state index contributed by atoms with van der Waals surface area (Å²) in [5, 5.41) is 9.72. The number of benzene rings is 2. The van der Waals surface area contributed by atoms with Gasteiger partial charge in [-0.25, -0.2) is 4.98 Å². The highest BCUT2D eigenvalue weighted by Gasteiger charge is 2.23. The van der Waals surface area contributed by atoms with Crippen molar-refractivity contribution in [1.29, 1.82) is 0 Å². The van der Waals surface area contributed by atoms with Crippen molar-refractivity contribution in [3.05, 3.63) is 117 Å². The molecule has 0 aliphatic rings. The van der Waals surface area contributed by atoms with E-state index in [1.807, 2.05) is 98.1 Å². The van der Waals surface area contributed by atoms with Gasteiger partial charge < -0.3 is 5.32 Å². The molecule has 0 spiro atoms. The number of hydrogen-bond acceptors (Lipinski definition) is 5. The summed E-state index contributed by atoms with van der Waals surface area (Å²) in [6, 6.07) is 25.2. The van der Waals surface area contributed by atoms with Crippen LogP contribution in [0, 0.1) is 6.92 Å². The van der Waals surface area contributed by atoms with Crippen molar-refractivity contribution < 1.29 is 4.79 Å². The number of rotatable bonds is 8. The second-order valence-electron chi connectivity index (χ2n) is 8.78. The second-order valence-corrected chi connectivity index (χ2v) is 9.73. The van der Waals surface area contributed by atoms with Gasteiger partial charge in [0, 0.05) is 18.1 Å². The number of amides is 1. The summed E-state index contributed by atoms with van der Waals surface area (Å²) in [4.78, 5) is 35.0. The van der Waals surface area contributed by atoms with Crippen molar-refractivity contribution >= 4 is 23.1 Å². The fraction of sp³-hybridized carbons (Fsp3) is 0.172. The van der Waals surface area contributed by atoms with E-state index in [4.69, 9.17) is 5.10 Å². The Morgan fingerprint density at radius 2 is 1.78 bits per heavy atom. The van der Waals surface area contributed by atoms with Crippen molar-refractivity contribution in [2.24, 2.45) is 0 Å². The average Bonchev–Trinajstić information content (AvgIpc) is 3.58. The molecule has 0 aliphatic carbocycles. The zero-order chi connectivity index (χ0) is 25.8. The number of aromatic nitrogens is 4. The van der Waals surface area contributed by atoms with Crippen LogP contribution in [0.3, 0.4) is 0 Å². The molecule has 3 aromatic heterocycles. The molecule has 0 fully saturated rings. The van der Waals surface area contributed by atoms with E-state index in [0.717, 1.165) is 16.0 Å². The molecule has 1 amide bonds. The Morgan fingerprint density at radius 3 is 2.43 bits per heavy atom. The van der Waals surface area contributed by atoms with Crippen molar-refractivity contribution in [1.82, 2.24) is 19.7 Å². The molecule has 5 rings (SSSR count). The molecule has 0 bridgehead atoms. The minimum absolute atomic E-state index is 0.146. The average molecular weight is 510 g/mol. The third-order valence-corrected chi connectivity index (χ3v) is 7.19. The molecule has 37 heavy (non-hydrogen) atoms. The Labute approximate surface area is 218 Å². The summed E-state index contributed by atoms with van der Waals surface area (Å²) in [6.45, 7) is 3.81. The van der Waals surface area contributed by atoms with Gasteiger partial charge in [-0.15, -0.1) is 11.3 Å². The summed E-state index contributed by atoms with van der Waals surface area (Å²) in [5.41, 5.74) is 3.65. The third kappa shape index (κ3) is 5.29. The summed E-state index contributed by atoms with van der Waals surface area (Å²) < 4.78 is 1.51. The van der Waals surface area contributed by atoms with Gasteiger partial charge in [0.25, 0.3) is 5.56 Å². The molecule has 7 nitrogen and oxygen atoms in total. The van der Waals surface area contributed by atoms with E-state index in [1.54, 1.807) is 11.3 Å². The number of aromatic amines is 1. The molecule has 0 saturated heterocycles. The second kappa shape index (κ2) is 10.8. The van der Waals surface area contributed by atoms with Gasteiger partial charge in [-0.3, -0.25) is 14.6 Å². The number of H-pyrrole nitrogens is 1. The SMILES string of the molecule is CCC(C(=O)Nc1cc(-c2cccs2)nn1-c1nc(C)c(Cc2ccccc2)c(=O)[nH]1)c1ccccc1. The Morgan fingerprint density at radius 1 is 1.05 bits per heavy atom. The molecule has 0 radical (unpaired) electrons. The maximum Gasteiger partial charge on any atom is 0.256 e. The molecular formula is C29H27N5O2S. The van der Waals surface area contributed by atoms with Crippen molar-refractivity contribution in [2.45, 2.75) is 32.6 Å². The predicted molar refractivity (Wildman–Crippen MR) is 147 cm³/mol. The predicted octanol–water partition coefficient (Wildman–Crippen LogP) is 5.72. The van der Waals surface area contributed by atoms with Crippen LogP contribution in [0.1, 0.15) is 41.6 Å². The molecule has 1 unspecified atom stereocenters. The minimum Gasteiger partial charge on any atom is -0.310 e. The standard InChI is InChI=1S/C29H27N5O2S/c1-3-22(21-13-8-5-9-14-21)27(35)31-26-18-24(25-15-10-16-37-25)33-34(26)29-30-19(2)23(28(36)32-29)17-20-11-6-4-7-12-20/h4-16,18,22H,3,17H2,1-2H3,(H,31,35)(H,30,32,36). The van der Waals surface area contributed by atoms with Crippen LogP contribution in [0.25, 0.3) is 16.5 Å². The number of anilines is 1. The van der Waals surface area contributed by atoms with Crippen molar-refractivity contribution in [3.63, 3.8) is 0 Å². The van der Waals surface area contributed by atoms with E-state index in [0.29, 0.717) is 35.6 Å². The Balaban J connectivity index is 1.52. The normalized spacial score (nSPS) is 11.8. The van der Waals surface area contributed by atoms with E-state index in [1.165, 1.54) is 4.68 Å². The lowest BCUT2D eigenvalue weighted by atomic mass is 9.96. The zero-order valence-electron chi connectivity index (χ0n) is 20.6. The van der Waals surface area contributed by atoms with Crippen LogP contribution in [0.5, 0.6) is 0 Å². The number of nitrogens with one attached hydrogen (secondary N) is 2. The first-order valence-corrected chi connectivity index (χ1v) is 13.0. The minimum atomic E-state index is -0.322. The van der Waals surface area contributed by atoms with Crippen LogP contribution < -0.4 is 10.9 Å². The summed E-state index contributed by atoms with van der Waals surface area (Å²) >= 11 is 1.55. The van der Waals surface area contributed by atoms with Crippen LogP contribution in [-0.4, -0.2) is 25.7 Å². The van der Waals surface area contributed by atoms with Gasteiger partial charge in [0.2, 0.25) is 11.9 Å². The first-order chi connectivity index (χ1) is 18.0. The van der Waals surface area contributed by atoms with E-state index in [9.17, 15) is 9.59 Å². The summed E-state index contributed by atoms with van der Waals surface area (Å²) in [5.74, 6) is 0.232. The molecule has 0 saturated carbocycles. The topological polar surface area (TPSA) is 92.7 Å². The fourth-order valence-electron chi connectivity index (χ4n) is 4.35. The van der Waals surface area contributed by atoms with Gasteiger partial charge in [-0.1, -0.05) is 73.7 Å². The maximum absolute atomic E-state index is 13.4. The van der Waals surface area contributed by atoms with Gasteiger partial charge in [-0.2, -0.15) is 9.78 Å². The number of nitrogens with zero attached hydrogens (tertiary/aromatic N) is 3. The van der Waals surface area contributed by atoms with Gasteiger partial charge in [0.1, 0.15) is 11.5 Å². The Hall–Kier alpha value is -4.30. The number of carbonyl (C=O) groups excluding carboxylic acids is 1. The van der Waals surface area contributed by atoms with E-state index >= 15 is 0 Å². The van der Waals surface area contributed by atoms with Crippen LogP contribution in [0.2, 0.25) is 0 Å². The van der Waals surface area contributed by atoms with Crippen LogP contribution in [-0.2, 0) is 11.2 Å². The number of aryl methyl sites for hydroxylation is 1. The molecule has 2 N–H and O–H groups in total. The number of thiophene rings is 1. The molecular weight excluding hydrogens is 482 g/mol. The zero-order valence-corrected chi connectivity index (χ0v) is 21.5. The van der Waals surface area contributed by atoms with Crippen LogP contribution >= 0.6 is 11.3 Å². The van der Waals surface area contributed by atoms with Crippen LogP contribution in [0.4, 0.5) is 5.82 Å². The monoisotopic (exact) mass is 509 g/mol. The molecule has 3 heterocycles. The fourth-order valence-corrected chi connectivity index (χ4v) is 5.03. The highest BCUT2D eigenvalue weighted by molar-refractivity contribution is 7.13. The lowest BCUT2D eigenvalue weighted by molar-refractivity contribution is -0.117. The number of hydrogen-bond donors (Lipinski definition) is 2. The molecule has 2 aromatic carbocycles. The van der Waals surface area contributed by atoms with E-state index in [-0.39, 0.29) is 23.3 Å². The molecule has 8 heteroatoms.